The molecular weight excluding hydrogens is 442 g/mol. The predicted molar refractivity (Wildman–Crippen MR) is 133 cm³/mol. The van der Waals surface area contributed by atoms with Gasteiger partial charge in [-0.05, 0) is 63.0 Å². The monoisotopic (exact) mass is 485 g/mol. The maximum Gasteiger partial charge on any atom is 0.251 e. The summed E-state index contributed by atoms with van der Waals surface area (Å²) in [4.78, 5) is 12.9. The van der Waals surface area contributed by atoms with Crippen LogP contribution < -0.4 is 15.8 Å². The normalized spacial score (nSPS) is 14.9. The van der Waals surface area contributed by atoms with Crippen LogP contribution in [0.15, 0.2) is 24.3 Å². The quantitative estimate of drug-likeness (QED) is 0.265. The molecule has 3 atom stereocenters. The highest BCUT2D eigenvalue weighted by molar-refractivity contribution is 7.90. The fourth-order valence-corrected chi connectivity index (χ4v) is 4.19. The number of unbranched alkanes of at least 4 members (excludes halogenated alkanes) is 1. The number of aliphatic hydroxyl groups is 1. The molecule has 0 aromatic heterocycles. The number of hydrogen-bond acceptors (Lipinski definition) is 6. The summed E-state index contributed by atoms with van der Waals surface area (Å²) >= 11 is 0. The highest BCUT2D eigenvalue weighted by Crippen LogP contribution is 2.18. The number of carbonyl (C=O) groups is 1. The van der Waals surface area contributed by atoms with Gasteiger partial charge in [0.05, 0.1) is 11.4 Å². The molecule has 0 bridgehead atoms. The van der Waals surface area contributed by atoms with Crippen molar-refractivity contribution in [3.63, 3.8) is 0 Å². The number of methoxy groups -OCH3 is 1. The zero-order valence-electron chi connectivity index (χ0n) is 20.7. The molecule has 33 heavy (non-hydrogen) atoms. The molecule has 9 heteroatoms. The number of aliphatic hydroxyl groups excluding tert-OH is 1. The SMILES string of the molecule is COCCCCc1ccccc1C(=O)NC[C@@H](C[C@H](N)C(O)CNS(=O)(=O)C(C)C)C(C)C. The number of amides is 1. The summed E-state index contributed by atoms with van der Waals surface area (Å²) in [6.07, 6.45) is 2.14. The molecule has 8 nitrogen and oxygen atoms in total. The van der Waals surface area contributed by atoms with E-state index in [4.69, 9.17) is 10.5 Å². The van der Waals surface area contributed by atoms with Crippen LogP contribution in [0.2, 0.25) is 0 Å². The smallest absolute Gasteiger partial charge is 0.251 e. The van der Waals surface area contributed by atoms with E-state index in [0.717, 1.165) is 24.8 Å². The van der Waals surface area contributed by atoms with Crippen molar-refractivity contribution in [2.75, 3.05) is 26.8 Å². The van der Waals surface area contributed by atoms with E-state index >= 15 is 0 Å². The van der Waals surface area contributed by atoms with Gasteiger partial charge in [-0.25, -0.2) is 13.1 Å². The predicted octanol–water partition coefficient (Wildman–Crippen LogP) is 2.06. The van der Waals surface area contributed by atoms with Crippen molar-refractivity contribution in [2.45, 2.75) is 70.8 Å². The molecule has 1 amide bonds. The van der Waals surface area contributed by atoms with E-state index < -0.39 is 27.4 Å². The van der Waals surface area contributed by atoms with Crippen LogP contribution >= 0.6 is 0 Å². The first-order valence-electron chi connectivity index (χ1n) is 11.8. The van der Waals surface area contributed by atoms with Crippen molar-refractivity contribution < 1.29 is 23.1 Å². The second-order valence-corrected chi connectivity index (χ2v) is 11.6. The summed E-state index contributed by atoms with van der Waals surface area (Å²) in [5.74, 6) is 0.135. The Labute approximate surface area is 199 Å². The van der Waals surface area contributed by atoms with Crippen LogP contribution in [0.4, 0.5) is 0 Å². The zero-order valence-corrected chi connectivity index (χ0v) is 21.5. The number of nitrogens with two attached hydrogens (primary N) is 1. The minimum atomic E-state index is -3.47. The Morgan fingerprint density at radius 1 is 1.12 bits per heavy atom. The number of ether oxygens (including phenoxy) is 1. The molecule has 0 saturated carbocycles. The highest BCUT2D eigenvalue weighted by Gasteiger charge is 2.25. The van der Waals surface area contributed by atoms with Gasteiger partial charge >= 0.3 is 0 Å². The van der Waals surface area contributed by atoms with Crippen LogP contribution in [0.25, 0.3) is 0 Å². The Bertz CT molecular complexity index is 814. The van der Waals surface area contributed by atoms with Crippen LogP contribution in [-0.4, -0.2) is 63.6 Å². The Kier molecular flexibility index (Phi) is 13.1. The van der Waals surface area contributed by atoms with E-state index in [2.05, 4.69) is 10.0 Å². The zero-order chi connectivity index (χ0) is 25.0. The molecular formula is C24H43N3O5S. The minimum absolute atomic E-state index is 0.0363. The summed E-state index contributed by atoms with van der Waals surface area (Å²) < 4.78 is 31.3. The second-order valence-electron chi connectivity index (χ2n) is 9.23. The number of nitrogens with one attached hydrogen (secondary N) is 2. The van der Waals surface area contributed by atoms with Crippen LogP contribution in [0.3, 0.4) is 0 Å². The highest BCUT2D eigenvalue weighted by atomic mass is 32.2. The van der Waals surface area contributed by atoms with Crippen molar-refractivity contribution in [1.29, 1.82) is 0 Å². The van der Waals surface area contributed by atoms with Gasteiger partial charge in [0.15, 0.2) is 0 Å². The van der Waals surface area contributed by atoms with E-state index in [0.29, 0.717) is 25.1 Å². The number of hydrogen-bond donors (Lipinski definition) is 4. The molecule has 0 radical (unpaired) electrons. The largest absolute Gasteiger partial charge is 0.390 e. The Morgan fingerprint density at radius 3 is 2.39 bits per heavy atom. The third kappa shape index (κ3) is 10.5. The minimum Gasteiger partial charge on any atom is -0.390 e. The summed E-state index contributed by atoms with van der Waals surface area (Å²) in [7, 11) is -1.79. The van der Waals surface area contributed by atoms with Gasteiger partial charge in [0.2, 0.25) is 10.0 Å². The van der Waals surface area contributed by atoms with Gasteiger partial charge < -0.3 is 20.9 Å². The Hall–Kier alpha value is -1.52. The molecule has 5 N–H and O–H groups in total. The topological polar surface area (TPSA) is 131 Å². The molecule has 1 unspecified atom stereocenters. The first-order chi connectivity index (χ1) is 15.5. The Balaban J connectivity index is 2.67. The van der Waals surface area contributed by atoms with E-state index in [1.54, 1.807) is 21.0 Å². The summed E-state index contributed by atoms with van der Waals surface area (Å²) in [5, 5.41) is 12.8. The average Bonchev–Trinajstić information content (AvgIpc) is 2.77. The number of benzene rings is 1. The van der Waals surface area contributed by atoms with Gasteiger partial charge in [-0.2, -0.15) is 0 Å². The third-order valence-corrected chi connectivity index (χ3v) is 7.77. The fraction of sp³-hybridized carbons (Fsp3) is 0.708. The van der Waals surface area contributed by atoms with Crippen molar-refractivity contribution in [2.24, 2.45) is 17.6 Å². The molecule has 1 aromatic carbocycles. The summed E-state index contributed by atoms with van der Waals surface area (Å²) in [6, 6.07) is 7.00. The van der Waals surface area contributed by atoms with E-state index in [1.165, 1.54) is 0 Å². The van der Waals surface area contributed by atoms with Crippen LogP contribution in [-0.2, 0) is 21.2 Å². The fourth-order valence-electron chi connectivity index (χ4n) is 3.46. The van der Waals surface area contributed by atoms with Gasteiger partial charge in [-0.3, -0.25) is 4.79 Å². The lowest BCUT2D eigenvalue weighted by molar-refractivity contribution is 0.0932. The molecule has 0 spiro atoms. The average molecular weight is 486 g/mol. The first-order valence-corrected chi connectivity index (χ1v) is 13.3. The molecule has 0 saturated heterocycles. The lowest BCUT2D eigenvalue weighted by Gasteiger charge is -2.27. The van der Waals surface area contributed by atoms with Gasteiger partial charge in [-0.15, -0.1) is 0 Å². The van der Waals surface area contributed by atoms with E-state index in [1.807, 2.05) is 38.1 Å². The van der Waals surface area contributed by atoms with E-state index in [-0.39, 0.29) is 24.3 Å². The van der Waals surface area contributed by atoms with Crippen LogP contribution in [0, 0.1) is 11.8 Å². The number of carbonyl (C=O) groups excluding carboxylic acids is 1. The van der Waals surface area contributed by atoms with Crippen LogP contribution in [0.1, 0.15) is 62.9 Å². The van der Waals surface area contributed by atoms with E-state index in [9.17, 15) is 18.3 Å². The van der Waals surface area contributed by atoms with Crippen molar-refractivity contribution in [3.05, 3.63) is 35.4 Å². The molecule has 0 heterocycles. The van der Waals surface area contributed by atoms with Gasteiger partial charge in [0.1, 0.15) is 0 Å². The van der Waals surface area contributed by atoms with Crippen LogP contribution in [0.5, 0.6) is 0 Å². The molecule has 1 aromatic rings. The summed E-state index contributed by atoms with van der Waals surface area (Å²) in [5.41, 5.74) is 7.86. The standard InChI is InChI=1S/C24H43N3O5S/c1-17(2)20(14-22(25)23(28)16-27-33(30,31)18(3)4)15-26-24(29)21-12-7-6-10-19(21)11-8-9-13-32-5/h6-7,10,12,17-18,20,22-23,27-28H,8-9,11,13-16,25H2,1-5H3,(H,26,29)/t20-,22+,23?/m1/s1. The van der Waals surface area contributed by atoms with Crippen molar-refractivity contribution in [3.8, 4) is 0 Å². The maximum absolute atomic E-state index is 12.9. The third-order valence-electron chi connectivity index (χ3n) is 5.96. The second kappa shape index (κ2) is 14.7. The molecule has 0 aliphatic carbocycles. The number of rotatable bonds is 16. The lowest BCUT2D eigenvalue weighted by atomic mass is 9.87. The van der Waals surface area contributed by atoms with Gasteiger partial charge in [0, 0.05) is 38.4 Å². The van der Waals surface area contributed by atoms with Crippen molar-refractivity contribution in [1.82, 2.24) is 10.0 Å². The number of sulfonamides is 1. The molecule has 0 aliphatic rings. The summed E-state index contributed by atoms with van der Waals surface area (Å²) in [6.45, 7) is 8.23. The van der Waals surface area contributed by atoms with Gasteiger partial charge in [0.25, 0.3) is 5.91 Å². The molecule has 0 fully saturated rings. The molecule has 190 valence electrons. The first kappa shape index (κ1) is 29.5. The molecule has 1 rings (SSSR count). The Morgan fingerprint density at radius 2 is 1.79 bits per heavy atom. The maximum atomic E-state index is 12.9. The van der Waals surface area contributed by atoms with Gasteiger partial charge in [-0.1, -0.05) is 32.0 Å². The molecule has 0 aliphatic heterocycles. The number of aryl methyl sites for hydroxylation is 1. The van der Waals surface area contributed by atoms with Crippen molar-refractivity contribution >= 4 is 15.9 Å². The lowest BCUT2D eigenvalue weighted by Crippen LogP contribution is -2.46.